The summed E-state index contributed by atoms with van der Waals surface area (Å²) in [5.74, 6) is -0.493. The molecule has 6 nitrogen and oxygen atoms in total. The van der Waals surface area contributed by atoms with Gasteiger partial charge in [0.1, 0.15) is 5.82 Å². The molecular weight excluding hydrogens is 276 g/mol. The molecule has 2 rings (SSSR count). The largest absolute Gasteiger partial charge is 0.476 e. The Labute approximate surface area is 120 Å². The van der Waals surface area contributed by atoms with Gasteiger partial charge < -0.3 is 10.4 Å². The number of aryl methyl sites for hydroxylation is 2. The number of hydrogen-bond acceptors (Lipinski definition) is 6. The van der Waals surface area contributed by atoms with Crippen LogP contribution in [-0.4, -0.2) is 26.0 Å². The molecule has 0 saturated heterocycles. The molecule has 0 aliphatic carbocycles. The van der Waals surface area contributed by atoms with Crippen LogP contribution in [-0.2, 0) is 0 Å². The van der Waals surface area contributed by atoms with Gasteiger partial charge in [-0.3, -0.25) is 0 Å². The van der Waals surface area contributed by atoms with E-state index in [4.69, 9.17) is 0 Å². The third-order valence-electron chi connectivity index (χ3n) is 2.80. The predicted molar refractivity (Wildman–Crippen MR) is 78.0 cm³/mol. The molecule has 0 amide bonds. The molecule has 0 unspecified atom stereocenters. The Kier molecular flexibility index (Phi) is 3.99. The molecule has 0 aromatic carbocycles. The van der Waals surface area contributed by atoms with Gasteiger partial charge in [0.05, 0.1) is 17.6 Å². The first-order valence-corrected chi connectivity index (χ1v) is 7.01. The van der Waals surface area contributed by atoms with Crippen LogP contribution < -0.4 is 5.32 Å². The zero-order chi connectivity index (χ0) is 14.9. The summed E-state index contributed by atoms with van der Waals surface area (Å²) in [7, 11) is 0. The number of anilines is 2. The van der Waals surface area contributed by atoms with Gasteiger partial charge in [-0.15, -0.1) is 11.3 Å². The number of rotatable bonds is 4. The summed E-state index contributed by atoms with van der Waals surface area (Å²) in [6, 6.07) is 0. The van der Waals surface area contributed by atoms with Crippen LogP contribution in [0.5, 0.6) is 0 Å². The van der Waals surface area contributed by atoms with Gasteiger partial charge in [0.15, 0.2) is 10.8 Å². The lowest BCUT2D eigenvalue weighted by atomic mass is 10.2. The molecular formula is C13H16N4O2S. The number of nitrogens with zero attached hydrogens (tertiary/aromatic N) is 3. The molecule has 0 radical (unpaired) electrons. The number of hydrogen-bond donors (Lipinski definition) is 2. The molecule has 0 fully saturated rings. The first-order chi connectivity index (χ1) is 9.38. The number of carbonyl (C=O) groups is 1. The minimum Gasteiger partial charge on any atom is -0.476 e. The average molecular weight is 292 g/mol. The topological polar surface area (TPSA) is 88.0 Å². The fraction of sp³-hybridized carbons (Fsp3) is 0.385. The summed E-state index contributed by atoms with van der Waals surface area (Å²) in [4.78, 5) is 25.0. The van der Waals surface area contributed by atoms with Gasteiger partial charge in [-0.2, -0.15) is 0 Å². The van der Waals surface area contributed by atoms with Gasteiger partial charge in [0.25, 0.3) is 0 Å². The fourth-order valence-electron chi connectivity index (χ4n) is 1.57. The highest BCUT2D eigenvalue weighted by Crippen LogP contribution is 2.26. The number of aromatic carboxylic acids is 1. The summed E-state index contributed by atoms with van der Waals surface area (Å²) in [6.07, 6.45) is 1.50. The normalized spacial score (nSPS) is 10.8. The summed E-state index contributed by atoms with van der Waals surface area (Å²) >= 11 is 1.47. The number of carboxylic acid groups (broad SMARTS) is 1. The molecule has 2 N–H and O–H groups in total. The Hall–Kier alpha value is -2.02. The summed E-state index contributed by atoms with van der Waals surface area (Å²) in [5.41, 5.74) is 1.25. The van der Waals surface area contributed by atoms with Crippen LogP contribution in [0.4, 0.5) is 10.8 Å². The van der Waals surface area contributed by atoms with E-state index in [0.29, 0.717) is 16.6 Å². The molecule has 7 heteroatoms. The van der Waals surface area contributed by atoms with Crippen molar-refractivity contribution in [3.8, 4) is 0 Å². The van der Waals surface area contributed by atoms with Crippen molar-refractivity contribution < 1.29 is 9.90 Å². The quantitative estimate of drug-likeness (QED) is 0.900. The van der Waals surface area contributed by atoms with Gasteiger partial charge >= 0.3 is 5.97 Å². The maximum absolute atomic E-state index is 11.3. The summed E-state index contributed by atoms with van der Waals surface area (Å²) in [6.45, 7) is 7.71. The van der Waals surface area contributed by atoms with Gasteiger partial charge in [-0.25, -0.2) is 19.7 Å². The second kappa shape index (κ2) is 5.54. The minimum atomic E-state index is -1.08. The van der Waals surface area contributed by atoms with E-state index >= 15 is 0 Å². The van der Waals surface area contributed by atoms with Gasteiger partial charge in [-0.05, 0) is 13.8 Å². The molecule has 0 spiro atoms. The highest BCUT2D eigenvalue weighted by atomic mass is 32.1. The van der Waals surface area contributed by atoms with Gasteiger partial charge in [0, 0.05) is 10.8 Å². The average Bonchev–Trinajstić information content (AvgIpc) is 2.68. The van der Waals surface area contributed by atoms with Crippen molar-refractivity contribution in [1.82, 2.24) is 15.0 Å². The van der Waals surface area contributed by atoms with Crippen molar-refractivity contribution in [3.63, 3.8) is 0 Å². The molecule has 0 bridgehead atoms. The molecule has 0 aliphatic heterocycles. The minimum absolute atomic E-state index is 0.0331. The smallest absolute Gasteiger partial charge is 0.356 e. The Balaban J connectivity index is 2.38. The standard InChI is InChI=1S/C13H16N4O2S/c1-6(2)11-14-5-9(10(17-11)12(18)19)16-13-15-7(3)8(4)20-13/h5-6H,1-4H3,(H,15,16)(H,18,19). The van der Waals surface area contributed by atoms with Crippen LogP contribution in [0.2, 0.25) is 0 Å². The number of nitrogens with one attached hydrogen (secondary N) is 1. The van der Waals surface area contributed by atoms with E-state index in [2.05, 4.69) is 20.3 Å². The van der Waals surface area contributed by atoms with Crippen LogP contribution in [0.15, 0.2) is 6.20 Å². The van der Waals surface area contributed by atoms with E-state index in [1.807, 2.05) is 27.7 Å². The lowest BCUT2D eigenvalue weighted by molar-refractivity contribution is 0.0691. The van der Waals surface area contributed by atoms with E-state index in [1.54, 1.807) is 0 Å². The molecule has 2 aromatic heterocycles. The number of thiazole rings is 1. The maximum atomic E-state index is 11.3. The third-order valence-corrected chi connectivity index (χ3v) is 3.78. The van der Waals surface area contributed by atoms with E-state index in [-0.39, 0.29) is 11.6 Å². The van der Waals surface area contributed by atoms with E-state index in [1.165, 1.54) is 17.5 Å². The second-order valence-corrected chi connectivity index (χ2v) is 5.94. The summed E-state index contributed by atoms with van der Waals surface area (Å²) in [5, 5.41) is 12.9. The van der Waals surface area contributed by atoms with Crippen molar-refractivity contribution in [2.24, 2.45) is 0 Å². The first kappa shape index (κ1) is 14.4. The van der Waals surface area contributed by atoms with Crippen LogP contribution in [0.25, 0.3) is 0 Å². The molecule has 0 aliphatic rings. The van der Waals surface area contributed by atoms with Crippen LogP contribution in [0.3, 0.4) is 0 Å². The van der Waals surface area contributed by atoms with Gasteiger partial charge in [-0.1, -0.05) is 13.8 Å². The monoisotopic (exact) mass is 292 g/mol. The van der Waals surface area contributed by atoms with Crippen LogP contribution in [0, 0.1) is 13.8 Å². The van der Waals surface area contributed by atoms with Crippen molar-refractivity contribution in [1.29, 1.82) is 0 Å². The van der Waals surface area contributed by atoms with Crippen molar-refractivity contribution in [2.45, 2.75) is 33.6 Å². The Morgan fingerprint density at radius 3 is 2.55 bits per heavy atom. The zero-order valence-corrected chi connectivity index (χ0v) is 12.6. The van der Waals surface area contributed by atoms with Crippen LogP contribution in [0.1, 0.15) is 46.6 Å². The fourth-order valence-corrected chi connectivity index (χ4v) is 2.40. The van der Waals surface area contributed by atoms with Crippen molar-refractivity contribution >= 4 is 28.1 Å². The SMILES string of the molecule is Cc1nc(Nc2cnc(C(C)C)nc2C(=O)O)sc1C. The van der Waals surface area contributed by atoms with Gasteiger partial charge in [0.2, 0.25) is 0 Å². The number of aromatic nitrogens is 3. The Bertz CT molecular complexity index is 632. The maximum Gasteiger partial charge on any atom is 0.356 e. The molecule has 2 aromatic rings. The van der Waals surface area contributed by atoms with E-state index < -0.39 is 5.97 Å². The molecule has 2 heterocycles. The number of carboxylic acids is 1. The Morgan fingerprint density at radius 1 is 1.35 bits per heavy atom. The molecule has 20 heavy (non-hydrogen) atoms. The van der Waals surface area contributed by atoms with E-state index in [9.17, 15) is 9.90 Å². The van der Waals surface area contributed by atoms with Crippen molar-refractivity contribution in [2.75, 3.05) is 5.32 Å². The van der Waals surface area contributed by atoms with Crippen LogP contribution >= 0.6 is 11.3 Å². The second-order valence-electron chi connectivity index (χ2n) is 4.74. The molecule has 106 valence electrons. The first-order valence-electron chi connectivity index (χ1n) is 6.19. The lowest BCUT2D eigenvalue weighted by Crippen LogP contribution is -2.10. The van der Waals surface area contributed by atoms with E-state index in [0.717, 1.165) is 10.6 Å². The lowest BCUT2D eigenvalue weighted by Gasteiger charge is -2.09. The summed E-state index contributed by atoms with van der Waals surface area (Å²) < 4.78 is 0. The zero-order valence-electron chi connectivity index (χ0n) is 11.8. The highest BCUT2D eigenvalue weighted by Gasteiger charge is 2.17. The predicted octanol–water partition coefficient (Wildman–Crippen LogP) is 3.12. The molecule has 0 atom stereocenters. The third kappa shape index (κ3) is 2.93. The Morgan fingerprint density at radius 2 is 2.05 bits per heavy atom. The van der Waals surface area contributed by atoms with Crippen molar-refractivity contribution in [3.05, 3.63) is 28.3 Å². The molecule has 0 saturated carbocycles. The highest BCUT2D eigenvalue weighted by molar-refractivity contribution is 7.15.